The summed E-state index contributed by atoms with van der Waals surface area (Å²) in [6.07, 6.45) is 2.86. The molecule has 0 saturated carbocycles. The molecule has 1 saturated heterocycles. The predicted molar refractivity (Wildman–Crippen MR) is 142 cm³/mol. The van der Waals surface area contributed by atoms with Gasteiger partial charge in [0.25, 0.3) is 0 Å². The largest absolute Gasteiger partial charge is 0.353 e. The highest BCUT2D eigenvalue weighted by atomic mass is 32.2. The van der Waals surface area contributed by atoms with E-state index in [1.807, 2.05) is 61.0 Å². The van der Waals surface area contributed by atoms with Gasteiger partial charge in [0.15, 0.2) is 5.65 Å². The van der Waals surface area contributed by atoms with Gasteiger partial charge >= 0.3 is 0 Å². The summed E-state index contributed by atoms with van der Waals surface area (Å²) in [5, 5.41) is 5.74. The number of aromatic nitrogens is 4. The molecule has 0 bridgehead atoms. The molecule has 0 unspecified atom stereocenters. The van der Waals surface area contributed by atoms with E-state index in [4.69, 9.17) is 15.1 Å². The fourth-order valence-corrected chi connectivity index (χ4v) is 6.05. The van der Waals surface area contributed by atoms with Gasteiger partial charge in [0.05, 0.1) is 21.7 Å². The molecule has 188 valence electrons. The number of unbranched alkanes of at least 4 members (excludes halogenated alkanes) is 1. The molecular weight excluding hydrogens is 472 g/mol. The highest BCUT2D eigenvalue weighted by molar-refractivity contribution is 7.89. The van der Waals surface area contributed by atoms with Crippen molar-refractivity contribution >= 4 is 26.9 Å². The summed E-state index contributed by atoms with van der Waals surface area (Å²) in [6, 6.07) is 17.1. The molecule has 1 aliphatic heterocycles. The Morgan fingerprint density at radius 2 is 1.58 bits per heavy atom. The van der Waals surface area contributed by atoms with Crippen molar-refractivity contribution in [2.45, 2.75) is 44.9 Å². The summed E-state index contributed by atoms with van der Waals surface area (Å²) >= 11 is 0. The average molecular weight is 505 g/mol. The van der Waals surface area contributed by atoms with Gasteiger partial charge in [0.2, 0.25) is 10.0 Å². The molecule has 1 fully saturated rings. The van der Waals surface area contributed by atoms with Gasteiger partial charge in [-0.3, -0.25) is 0 Å². The molecule has 9 heteroatoms. The zero-order valence-electron chi connectivity index (χ0n) is 21.1. The van der Waals surface area contributed by atoms with Crippen LogP contribution in [0, 0.1) is 13.8 Å². The molecule has 2 aromatic heterocycles. The number of para-hydroxylation sites is 1. The maximum Gasteiger partial charge on any atom is 0.243 e. The summed E-state index contributed by atoms with van der Waals surface area (Å²) < 4.78 is 29.9. The molecule has 5 rings (SSSR count). The van der Waals surface area contributed by atoms with Crippen molar-refractivity contribution in [1.82, 2.24) is 24.1 Å². The quantitative estimate of drug-likeness (QED) is 0.373. The fraction of sp³-hybridized carbons (Fsp3) is 0.370. The van der Waals surface area contributed by atoms with Crippen molar-refractivity contribution in [1.29, 1.82) is 0 Å². The molecule has 0 atom stereocenters. The van der Waals surface area contributed by atoms with Crippen LogP contribution in [0.3, 0.4) is 0 Å². The Bertz CT molecular complexity index is 1460. The second kappa shape index (κ2) is 9.99. The molecule has 0 N–H and O–H groups in total. The third-order valence-corrected chi connectivity index (χ3v) is 8.59. The van der Waals surface area contributed by atoms with Crippen LogP contribution in [0.4, 0.5) is 5.82 Å². The van der Waals surface area contributed by atoms with E-state index >= 15 is 0 Å². The van der Waals surface area contributed by atoms with E-state index < -0.39 is 10.0 Å². The molecule has 8 nitrogen and oxygen atoms in total. The van der Waals surface area contributed by atoms with Crippen LogP contribution in [-0.4, -0.2) is 58.7 Å². The second-order valence-corrected chi connectivity index (χ2v) is 11.2. The lowest BCUT2D eigenvalue weighted by Gasteiger charge is -2.35. The van der Waals surface area contributed by atoms with Crippen LogP contribution in [-0.2, 0) is 16.4 Å². The Balaban J connectivity index is 1.48. The third kappa shape index (κ3) is 4.60. The van der Waals surface area contributed by atoms with Gasteiger partial charge in [-0.1, -0.05) is 49.2 Å². The van der Waals surface area contributed by atoms with Crippen molar-refractivity contribution in [2.75, 3.05) is 31.1 Å². The van der Waals surface area contributed by atoms with Crippen LogP contribution in [0.2, 0.25) is 0 Å². The van der Waals surface area contributed by atoms with Crippen LogP contribution in [0.5, 0.6) is 0 Å². The summed E-state index contributed by atoms with van der Waals surface area (Å²) in [4.78, 5) is 12.4. The molecule has 3 heterocycles. The number of sulfonamides is 1. The lowest BCUT2D eigenvalue weighted by Crippen LogP contribution is -2.49. The predicted octanol–water partition coefficient (Wildman–Crippen LogP) is 4.29. The number of fused-ring (bicyclic) bond motifs is 1. The van der Waals surface area contributed by atoms with Crippen molar-refractivity contribution in [3.05, 3.63) is 71.7 Å². The number of benzene rings is 2. The molecule has 4 aromatic rings. The van der Waals surface area contributed by atoms with Gasteiger partial charge in [-0.25, -0.2) is 23.1 Å². The van der Waals surface area contributed by atoms with Crippen LogP contribution in [0.15, 0.2) is 59.5 Å². The lowest BCUT2D eigenvalue weighted by molar-refractivity contribution is 0.384. The molecule has 0 spiro atoms. The maximum atomic E-state index is 13.2. The number of hydrogen-bond acceptors (Lipinski definition) is 6. The van der Waals surface area contributed by atoms with E-state index in [1.54, 1.807) is 16.4 Å². The minimum Gasteiger partial charge on any atom is -0.353 e. The first-order valence-electron chi connectivity index (χ1n) is 12.5. The van der Waals surface area contributed by atoms with E-state index in [0.29, 0.717) is 31.1 Å². The highest BCUT2D eigenvalue weighted by Gasteiger charge is 2.30. The van der Waals surface area contributed by atoms with Gasteiger partial charge in [-0.15, -0.1) is 0 Å². The van der Waals surface area contributed by atoms with E-state index in [1.165, 1.54) is 0 Å². The molecule has 1 aliphatic rings. The minimum absolute atomic E-state index is 0.341. The summed E-state index contributed by atoms with van der Waals surface area (Å²) in [5.41, 5.74) is 3.65. The summed E-state index contributed by atoms with van der Waals surface area (Å²) in [5.74, 6) is 1.64. The van der Waals surface area contributed by atoms with Crippen LogP contribution in [0.1, 0.15) is 36.8 Å². The first-order chi connectivity index (χ1) is 17.4. The SMILES string of the molecule is CCCCc1nc(N2CCN(S(=O)(=O)c3ccc(C)cc3)CC2)c2c(C)nn(-c3ccccc3)c2n1. The Morgan fingerprint density at radius 1 is 0.889 bits per heavy atom. The summed E-state index contributed by atoms with van der Waals surface area (Å²) in [7, 11) is -3.53. The number of aryl methyl sites for hydroxylation is 3. The van der Waals surface area contributed by atoms with Crippen molar-refractivity contribution < 1.29 is 8.42 Å². The first-order valence-corrected chi connectivity index (χ1v) is 14.0. The zero-order chi connectivity index (χ0) is 25.3. The monoisotopic (exact) mass is 504 g/mol. The molecule has 0 amide bonds. The zero-order valence-corrected chi connectivity index (χ0v) is 21.9. The standard InChI is InChI=1S/C27H32N6O2S/c1-4-5-11-24-28-26(25-21(3)30-33(27(25)29-24)22-9-7-6-8-10-22)31-16-18-32(19-17-31)36(34,35)23-14-12-20(2)13-15-23/h6-10,12-15H,4-5,11,16-19H2,1-3H3. The van der Waals surface area contributed by atoms with E-state index in [0.717, 1.165) is 58.9 Å². The average Bonchev–Trinajstić information content (AvgIpc) is 3.24. The van der Waals surface area contributed by atoms with E-state index in [9.17, 15) is 8.42 Å². The highest BCUT2D eigenvalue weighted by Crippen LogP contribution is 2.30. The van der Waals surface area contributed by atoms with Crippen molar-refractivity contribution in [2.24, 2.45) is 0 Å². The second-order valence-electron chi connectivity index (χ2n) is 9.30. The molecule has 0 radical (unpaired) electrons. The van der Waals surface area contributed by atoms with Crippen molar-refractivity contribution in [3.63, 3.8) is 0 Å². The Kier molecular flexibility index (Phi) is 6.77. The van der Waals surface area contributed by atoms with Crippen LogP contribution < -0.4 is 4.90 Å². The van der Waals surface area contributed by atoms with Crippen molar-refractivity contribution in [3.8, 4) is 5.69 Å². The topological polar surface area (TPSA) is 84.2 Å². The molecule has 36 heavy (non-hydrogen) atoms. The number of piperazine rings is 1. The van der Waals surface area contributed by atoms with Crippen LogP contribution in [0.25, 0.3) is 16.7 Å². The Morgan fingerprint density at radius 3 is 2.25 bits per heavy atom. The van der Waals surface area contributed by atoms with E-state index in [-0.39, 0.29) is 0 Å². The van der Waals surface area contributed by atoms with Gasteiger partial charge in [-0.05, 0) is 44.5 Å². The molecule has 2 aromatic carbocycles. The number of anilines is 1. The Labute approximate surface area is 212 Å². The van der Waals surface area contributed by atoms with Gasteiger partial charge in [0.1, 0.15) is 11.6 Å². The smallest absolute Gasteiger partial charge is 0.243 e. The normalized spacial score (nSPS) is 15.0. The van der Waals surface area contributed by atoms with Gasteiger partial charge < -0.3 is 4.90 Å². The third-order valence-electron chi connectivity index (χ3n) is 6.68. The first kappa shape index (κ1) is 24.4. The maximum absolute atomic E-state index is 13.2. The van der Waals surface area contributed by atoms with Gasteiger partial charge in [-0.2, -0.15) is 9.40 Å². The van der Waals surface area contributed by atoms with E-state index in [2.05, 4.69) is 11.8 Å². The molecular formula is C27H32N6O2S. The summed E-state index contributed by atoms with van der Waals surface area (Å²) in [6.45, 7) is 8.01. The number of rotatable bonds is 7. The fourth-order valence-electron chi connectivity index (χ4n) is 4.63. The Hall–Kier alpha value is -3.30. The number of nitrogens with zero attached hydrogens (tertiary/aromatic N) is 6. The molecule has 0 aliphatic carbocycles. The van der Waals surface area contributed by atoms with Crippen LogP contribution >= 0.6 is 0 Å². The minimum atomic E-state index is -3.53. The lowest BCUT2D eigenvalue weighted by atomic mass is 10.2. The number of hydrogen-bond donors (Lipinski definition) is 0. The van der Waals surface area contributed by atoms with Gasteiger partial charge in [0, 0.05) is 32.6 Å².